The lowest BCUT2D eigenvalue weighted by Gasteiger charge is -2.09. The maximum atomic E-state index is 12.1. The van der Waals surface area contributed by atoms with E-state index in [1.807, 2.05) is 42.5 Å². The molecule has 0 amide bonds. The fourth-order valence-electron chi connectivity index (χ4n) is 3.16. The lowest BCUT2D eigenvalue weighted by atomic mass is 10.1. The standard InChI is InChI=1S/C28H30N2O6/c29-24-18-23(19-25(30)20-24)28(32)36-17-15-34-13-12-33-14-16-35-26-9-6-21(7-10-26)8-11-27(31)22-4-2-1-3-5-22/h1-11,18-20H,12-17,29-30H2. The third-order valence-electron chi connectivity index (χ3n) is 4.91. The smallest absolute Gasteiger partial charge is 0.338 e. The Hall–Kier alpha value is -4.14. The molecule has 0 saturated carbocycles. The molecule has 3 aromatic carbocycles. The average molecular weight is 491 g/mol. The Kier molecular flexibility index (Phi) is 10.5. The highest BCUT2D eigenvalue weighted by atomic mass is 16.6. The molecule has 0 aromatic heterocycles. The molecule has 0 radical (unpaired) electrons. The maximum absolute atomic E-state index is 12.1. The minimum Gasteiger partial charge on any atom is -0.491 e. The van der Waals surface area contributed by atoms with Crippen molar-refractivity contribution in [1.29, 1.82) is 0 Å². The molecule has 8 heteroatoms. The Labute approximate surface area is 210 Å². The topological polar surface area (TPSA) is 123 Å². The van der Waals surface area contributed by atoms with E-state index in [0.717, 1.165) is 5.56 Å². The van der Waals surface area contributed by atoms with Gasteiger partial charge in [0.15, 0.2) is 5.78 Å². The second kappa shape index (κ2) is 14.3. The molecule has 0 saturated heterocycles. The van der Waals surface area contributed by atoms with Crippen LogP contribution >= 0.6 is 0 Å². The molecule has 4 N–H and O–H groups in total. The number of hydrogen-bond donors (Lipinski definition) is 2. The summed E-state index contributed by atoms with van der Waals surface area (Å²) in [6.45, 7) is 1.92. The van der Waals surface area contributed by atoms with Gasteiger partial charge in [0, 0.05) is 16.9 Å². The lowest BCUT2D eigenvalue weighted by molar-refractivity contribution is 0.0106. The summed E-state index contributed by atoms with van der Waals surface area (Å²) in [4.78, 5) is 24.1. The highest BCUT2D eigenvalue weighted by Gasteiger charge is 2.08. The van der Waals surface area contributed by atoms with Crippen molar-refractivity contribution >= 4 is 29.2 Å². The van der Waals surface area contributed by atoms with Crippen LogP contribution in [0.2, 0.25) is 0 Å². The molecular weight excluding hydrogens is 460 g/mol. The first-order valence-corrected chi connectivity index (χ1v) is 11.5. The Bertz CT molecular complexity index is 1130. The van der Waals surface area contributed by atoms with Crippen molar-refractivity contribution in [2.24, 2.45) is 0 Å². The monoisotopic (exact) mass is 490 g/mol. The van der Waals surface area contributed by atoms with Crippen LogP contribution in [0.5, 0.6) is 5.75 Å². The quantitative estimate of drug-likeness (QED) is 0.114. The normalized spacial score (nSPS) is 10.9. The number of ether oxygens (including phenoxy) is 4. The Morgan fingerprint density at radius 2 is 1.31 bits per heavy atom. The number of nitrogens with two attached hydrogens (primary N) is 2. The summed E-state index contributed by atoms with van der Waals surface area (Å²) in [5.41, 5.74) is 14.0. The van der Waals surface area contributed by atoms with Crippen LogP contribution in [0.15, 0.2) is 78.9 Å². The SMILES string of the molecule is Nc1cc(N)cc(C(=O)OCCOCCOCCOc2ccc(C=CC(=O)c3ccccc3)cc2)c1. The van der Waals surface area contributed by atoms with E-state index in [2.05, 4.69) is 0 Å². The largest absolute Gasteiger partial charge is 0.491 e. The van der Waals surface area contributed by atoms with Gasteiger partial charge < -0.3 is 30.4 Å². The summed E-state index contributed by atoms with van der Waals surface area (Å²) in [6, 6.07) is 21.2. The molecule has 0 aliphatic heterocycles. The van der Waals surface area contributed by atoms with Gasteiger partial charge in [-0.3, -0.25) is 4.79 Å². The van der Waals surface area contributed by atoms with Gasteiger partial charge >= 0.3 is 5.97 Å². The van der Waals surface area contributed by atoms with Gasteiger partial charge in [0.2, 0.25) is 0 Å². The second-order valence-corrected chi connectivity index (χ2v) is 7.73. The first-order chi connectivity index (χ1) is 17.5. The van der Waals surface area contributed by atoms with E-state index < -0.39 is 5.97 Å². The fraction of sp³-hybridized carbons (Fsp3) is 0.214. The van der Waals surface area contributed by atoms with Gasteiger partial charge in [-0.05, 0) is 42.0 Å². The van der Waals surface area contributed by atoms with Crippen molar-refractivity contribution in [1.82, 2.24) is 0 Å². The number of hydrogen-bond acceptors (Lipinski definition) is 8. The van der Waals surface area contributed by atoms with Gasteiger partial charge in [-0.15, -0.1) is 0 Å². The molecule has 3 aromatic rings. The van der Waals surface area contributed by atoms with E-state index >= 15 is 0 Å². The number of nitrogen functional groups attached to an aromatic ring is 2. The number of anilines is 2. The number of esters is 1. The van der Waals surface area contributed by atoms with Crippen LogP contribution in [-0.2, 0) is 14.2 Å². The Morgan fingerprint density at radius 1 is 0.694 bits per heavy atom. The summed E-state index contributed by atoms with van der Waals surface area (Å²) >= 11 is 0. The molecule has 0 unspecified atom stereocenters. The summed E-state index contributed by atoms with van der Waals surface area (Å²) in [5, 5.41) is 0. The molecule has 8 nitrogen and oxygen atoms in total. The van der Waals surface area contributed by atoms with Crippen molar-refractivity contribution in [3.63, 3.8) is 0 Å². The number of allylic oxidation sites excluding steroid dienone is 1. The van der Waals surface area contributed by atoms with E-state index in [9.17, 15) is 9.59 Å². The van der Waals surface area contributed by atoms with E-state index in [-0.39, 0.29) is 19.0 Å². The maximum Gasteiger partial charge on any atom is 0.338 e. The van der Waals surface area contributed by atoms with Gasteiger partial charge in [-0.2, -0.15) is 0 Å². The zero-order valence-corrected chi connectivity index (χ0v) is 19.9. The van der Waals surface area contributed by atoms with Gasteiger partial charge in [0.25, 0.3) is 0 Å². The second-order valence-electron chi connectivity index (χ2n) is 7.73. The number of rotatable bonds is 14. The molecular formula is C28H30N2O6. The number of benzene rings is 3. The zero-order valence-electron chi connectivity index (χ0n) is 19.9. The van der Waals surface area contributed by atoms with Crippen LogP contribution in [0.25, 0.3) is 6.08 Å². The predicted molar refractivity (Wildman–Crippen MR) is 139 cm³/mol. The van der Waals surface area contributed by atoms with Gasteiger partial charge in [-0.1, -0.05) is 48.5 Å². The fourth-order valence-corrected chi connectivity index (χ4v) is 3.16. The molecule has 0 fully saturated rings. The van der Waals surface area contributed by atoms with E-state index in [4.69, 9.17) is 30.4 Å². The average Bonchev–Trinajstić information content (AvgIpc) is 2.88. The molecule has 188 valence electrons. The van der Waals surface area contributed by atoms with Crippen molar-refractivity contribution in [2.45, 2.75) is 0 Å². The predicted octanol–water partition coefficient (Wildman–Crippen LogP) is 4.02. The van der Waals surface area contributed by atoms with Crippen LogP contribution in [0.3, 0.4) is 0 Å². The molecule has 0 spiro atoms. The molecule has 0 aliphatic rings. The lowest BCUT2D eigenvalue weighted by Crippen LogP contribution is -2.14. The molecule has 0 atom stereocenters. The number of carbonyl (C=O) groups is 2. The van der Waals surface area contributed by atoms with Crippen molar-refractivity contribution in [3.05, 3.63) is 95.6 Å². The van der Waals surface area contributed by atoms with Crippen LogP contribution in [0.1, 0.15) is 26.3 Å². The van der Waals surface area contributed by atoms with Crippen LogP contribution in [-0.4, -0.2) is 51.4 Å². The summed E-state index contributed by atoms with van der Waals surface area (Å²) in [5.74, 6) is 0.169. The highest BCUT2D eigenvalue weighted by Crippen LogP contribution is 2.15. The number of carbonyl (C=O) groups excluding carboxylic acids is 2. The van der Waals surface area contributed by atoms with Crippen molar-refractivity contribution in [3.8, 4) is 5.75 Å². The van der Waals surface area contributed by atoms with E-state index in [1.54, 1.807) is 30.4 Å². The first kappa shape index (κ1) is 26.5. The number of ketones is 1. The minimum absolute atomic E-state index is 0.0403. The molecule has 0 heterocycles. The Balaban J connectivity index is 1.21. The molecule has 36 heavy (non-hydrogen) atoms. The van der Waals surface area contributed by atoms with E-state index in [0.29, 0.717) is 54.7 Å². The zero-order chi connectivity index (χ0) is 25.6. The minimum atomic E-state index is -0.504. The highest BCUT2D eigenvalue weighted by molar-refractivity contribution is 6.06. The molecule has 0 aliphatic carbocycles. The van der Waals surface area contributed by atoms with E-state index in [1.165, 1.54) is 12.1 Å². The Morgan fingerprint density at radius 3 is 1.97 bits per heavy atom. The summed E-state index contributed by atoms with van der Waals surface area (Å²) in [7, 11) is 0. The van der Waals surface area contributed by atoms with Crippen molar-refractivity contribution < 1.29 is 28.5 Å². The molecule has 3 rings (SSSR count). The van der Waals surface area contributed by atoms with Gasteiger partial charge in [-0.25, -0.2) is 4.79 Å². The van der Waals surface area contributed by atoms with Crippen LogP contribution in [0.4, 0.5) is 11.4 Å². The van der Waals surface area contributed by atoms with Gasteiger partial charge in [0.05, 0.1) is 32.0 Å². The van der Waals surface area contributed by atoms with Crippen LogP contribution < -0.4 is 16.2 Å². The summed E-state index contributed by atoms with van der Waals surface area (Å²) in [6.07, 6.45) is 3.33. The third-order valence-corrected chi connectivity index (χ3v) is 4.91. The third kappa shape index (κ3) is 9.25. The molecule has 0 bridgehead atoms. The van der Waals surface area contributed by atoms with Crippen molar-refractivity contribution in [2.75, 3.05) is 51.1 Å². The van der Waals surface area contributed by atoms with Crippen LogP contribution in [0, 0.1) is 0 Å². The first-order valence-electron chi connectivity index (χ1n) is 11.5. The van der Waals surface area contributed by atoms with Gasteiger partial charge in [0.1, 0.15) is 19.0 Å². The summed E-state index contributed by atoms with van der Waals surface area (Å²) < 4.78 is 21.7.